The van der Waals surface area contributed by atoms with Gasteiger partial charge in [0.15, 0.2) is 0 Å². The average molecular weight is 213 g/mol. The van der Waals surface area contributed by atoms with E-state index in [9.17, 15) is 0 Å². The van der Waals surface area contributed by atoms with Gasteiger partial charge in [-0.1, -0.05) is 12.1 Å². The van der Waals surface area contributed by atoms with Crippen molar-refractivity contribution in [3.63, 3.8) is 0 Å². The van der Waals surface area contributed by atoms with Crippen molar-refractivity contribution in [2.75, 3.05) is 18.8 Å². The number of anilines is 1. The Hall–Kier alpha value is -1.61. The van der Waals surface area contributed by atoms with Crippen LogP contribution in [0.2, 0.25) is 0 Å². The smallest absolute Gasteiger partial charge is 0.0397 e. The van der Waals surface area contributed by atoms with Crippen LogP contribution in [-0.4, -0.2) is 18.1 Å². The summed E-state index contributed by atoms with van der Waals surface area (Å²) < 4.78 is 0. The van der Waals surface area contributed by atoms with E-state index in [1.54, 1.807) is 0 Å². The molecule has 1 aliphatic rings. The molecule has 82 valence electrons. The number of nitrogens with zero attached hydrogens (tertiary/aromatic N) is 1. The fraction of sp³-hybridized carbons (Fsp3) is 0.308. The van der Waals surface area contributed by atoms with Gasteiger partial charge in [-0.05, 0) is 30.5 Å². The minimum Gasteiger partial charge on any atom is -0.398 e. The summed E-state index contributed by atoms with van der Waals surface area (Å²) in [5.41, 5.74) is 8.23. The minimum atomic E-state index is 0.556. The fourth-order valence-corrected chi connectivity index (χ4v) is 2.52. The third-order valence-corrected chi connectivity index (χ3v) is 3.34. The molecule has 1 aliphatic heterocycles. The maximum absolute atomic E-state index is 6.08. The summed E-state index contributed by atoms with van der Waals surface area (Å²) in [6.07, 6.45) is 5.03. The van der Waals surface area contributed by atoms with Crippen molar-refractivity contribution >= 4 is 16.5 Å². The molecule has 3 N–H and O–H groups in total. The number of nitrogen functional groups attached to an aromatic ring is 1. The summed E-state index contributed by atoms with van der Waals surface area (Å²) in [5, 5.41) is 5.72. The van der Waals surface area contributed by atoms with Crippen molar-refractivity contribution in [1.82, 2.24) is 10.3 Å². The van der Waals surface area contributed by atoms with Crippen molar-refractivity contribution in [1.29, 1.82) is 0 Å². The van der Waals surface area contributed by atoms with Crippen LogP contribution >= 0.6 is 0 Å². The molecule has 3 rings (SSSR count). The number of nitrogens with one attached hydrogen (secondary N) is 1. The number of pyridine rings is 1. The van der Waals surface area contributed by atoms with E-state index in [1.807, 2.05) is 24.5 Å². The number of hydrogen-bond acceptors (Lipinski definition) is 3. The van der Waals surface area contributed by atoms with Crippen LogP contribution in [0.15, 0.2) is 30.6 Å². The van der Waals surface area contributed by atoms with Crippen LogP contribution in [0.25, 0.3) is 10.8 Å². The number of fused-ring (bicyclic) bond motifs is 1. The summed E-state index contributed by atoms with van der Waals surface area (Å²) in [6, 6.07) is 6.02. The zero-order valence-corrected chi connectivity index (χ0v) is 9.11. The molecule has 0 bridgehead atoms. The molecule has 2 heterocycles. The lowest BCUT2D eigenvalue weighted by Gasteiger charge is -2.13. The predicted octanol–water partition coefficient (Wildman–Crippen LogP) is 1.89. The molecule has 0 spiro atoms. The van der Waals surface area contributed by atoms with Gasteiger partial charge in [0.05, 0.1) is 0 Å². The topological polar surface area (TPSA) is 50.9 Å². The summed E-state index contributed by atoms with van der Waals surface area (Å²) >= 11 is 0. The molecule has 0 radical (unpaired) electrons. The summed E-state index contributed by atoms with van der Waals surface area (Å²) in [7, 11) is 0. The Morgan fingerprint density at radius 3 is 3.06 bits per heavy atom. The lowest BCUT2D eigenvalue weighted by atomic mass is 9.94. The van der Waals surface area contributed by atoms with Crippen LogP contribution in [-0.2, 0) is 0 Å². The van der Waals surface area contributed by atoms with Gasteiger partial charge in [0.2, 0.25) is 0 Å². The highest BCUT2D eigenvalue weighted by Gasteiger charge is 2.19. The Bertz CT molecular complexity index is 510. The van der Waals surface area contributed by atoms with E-state index in [0.29, 0.717) is 5.92 Å². The number of benzene rings is 1. The first-order valence-electron chi connectivity index (χ1n) is 5.69. The largest absolute Gasteiger partial charge is 0.398 e. The van der Waals surface area contributed by atoms with E-state index in [-0.39, 0.29) is 0 Å². The van der Waals surface area contributed by atoms with Gasteiger partial charge >= 0.3 is 0 Å². The molecule has 1 aromatic carbocycles. The van der Waals surface area contributed by atoms with Crippen LogP contribution < -0.4 is 11.1 Å². The van der Waals surface area contributed by atoms with E-state index in [4.69, 9.17) is 5.73 Å². The normalized spacial score (nSPS) is 20.4. The van der Waals surface area contributed by atoms with E-state index in [1.165, 1.54) is 17.4 Å². The molecule has 3 nitrogen and oxygen atoms in total. The summed E-state index contributed by atoms with van der Waals surface area (Å²) in [4.78, 5) is 4.32. The predicted molar refractivity (Wildman–Crippen MR) is 66.4 cm³/mol. The van der Waals surface area contributed by atoms with E-state index in [2.05, 4.69) is 16.4 Å². The van der Waals surface area contributed by atoms with E-state index < -0.39 is 0 Å². The van der Waals surface area contributed by atoms with Crippen LogP contribution in [0, 0.1) is 0 Å². The zero-order chi connectivity index (χ0) is 11.0. The maximum atomic E-state index is 6.08. The van der Waals surface area contributed by atoms with Gasteiger partial charge < -0.3 is 11.1 Å². The second kappa shape index (κ2) is 3.76. The highest BCUT2D eigenvalue weighted by Crippen LogP contribution is 2.31. The molecule has 2 aromatic rings. The SMILES string of the molecule is Nc1cccc2cncc(C3CCNC3)c12. The van der Waals surface area contributed by atoms with Crippen LogP contribution in [0.4, 0.5) is 5.69 Å². The molecule has 1 fully saturated rings. The van der Waals surface area contributed by atoms with Gasteiger partial charge in [-0.2, -0.15) is 0 Å². The fourth-order valence-electron chi connectivity index (χ4n) is 2.52. The first kappa shape index (κ1) is 9.60. The Morgan fingerprint density at radius 2 is 2.25 bits per heavy atom. The van der Waals surface area contributed by atoms with E-state index in [0.717, 1.165) is 24.2 Å². The van der Waals surface area contributed by atoms with Crippen molar-refractivity contribution in [2.45, 2.75) is 12.3 Å². The lowest BCUT2D eigenvalue weighted by Crippen LogP contribution is -2.08. The van der Waals surface area contributed by atoms with Crippen molar-refractivity contribution in [3.05, 3.63) is 36.2 Å². The molecule has 3 heteroatoms. The molecule has 0 aliphatic carbocycles. The Kier molecular flexibility index (Phi) is 2.26. The minimum absolute atomic E-state index is 0.556. The Morgan fingerprint density at radius 1 is 1.31 bits per heavy atom. The van der Waals surface area contributed by atoms with Crippen LogP contribution in [0.5, 0.6) is 0 Å². The summed E-state index contributed by atoms with van der Waals surface area (Å²) in [5.74, 6) is 0.556. The molecule has 1 aromatic heterocycles. The number of hydrogen-bond donors (Lipinski definition) is 2. The second-order valence-corrected chi connectivity index (χ2v) is 4.36. The molecular formula is C13H15N3. The van der Waals surface area contributed by atoms with Gasteiger partial charge in [0, 0.05) is 35.4 Å². The first-order valence-corrected chi connectivity index (χ1v) is 5.69. The van der Waals surface area contributed by atoms with Crippen LogP contribution in [0.1, 0.15) is 17.9 Å². The number of aromatic nitrogens is 1. The van der Waals surface area contributed by atoms with Crippen LogP contribution in [0.3, 0.4) is 0 Å². The highest BCUT2D eigenvalue weighted by atomic mass is 14.9. The average Bonchev–Trinajstić information content (AvgIpc) is 2.82. The Balaban J connectivity index is 2.23. The molecule has 0 saturated carbocycles. The third kappa shape index (κ3) is 1.44. The third-order valence-electron chi connectivity index (χ3n) is 3.34. The number of rotatable bonds is 1. The first-order chi connectivity index (χ1) is 7.86. The molecular weight excluding hydrogens is 198 g/mol. The van der Waals surface area contributed by atoms with E-state index >= 15 is 0 Å². The van der Waals surface area contributed by atoms with Crippen molar-refractivity contribution < 1.29 is 0 Å². The number of nitrogens with two attached hydrogens (primary N) is 1. The Labute approximate surface area is 94.7 Å². The molecule has 1 saturated heterocycles. The second-order valence-electron chi connectivity index (χ2n) is 4.36. The maximum Gasteiger partial charge on any atom is 0.0397 e. The van der Waals surface area contributed by atoms with Gasteiger partial charge in [0.25, 0.3) is 0 Å². The van der Waals surface area contributed by atoms with Gasteiger partial charge in [0.1, 0.15) is 0 Å². The molecule has 0 amide bonds. The standard InChI is InChI=1S/C13H15N3/c14-12-3-1-2-10-7-16-8-11(13(10)12)9-4-5-15-6-9/h1-3,7-9,15H,4-6,14H2. The highest BCUT2D eigenvalue weighted by molar-refractivity contribution is 5.95. The van der Waals surface area contributed by atoms with Gasteiger partial charge in [-0.15, -0.1) is 0 Å². The molecule has 16 heavy (non-hydrogen) atoms. The zero-order valence-electron chi connectivity index (χ0n) is 9.11. The van der Waals surface area contributed by atoms with Gasteiger partial charge in [-0.25, -0.2) is 0 Å². The lowest BCUT2D eigenvalue weighted by molar-refractivity contribution is 0.766. The monoisotopic (exact) mass is 213 g/mol. The quantitative estimate of drug-likeness (QED) is 0.711. The molecule has 1 atom stereocenters. The molecule has 1 unspecified atom stereocenters. The summed E-state index contributed by atoms with van der Waals surface area (Å²) in [6.45, 7) is 2.13. The van der Waals surface area contributed by atoms with Gasteiger partial charge in [-0.3, -0.25) is 4.98 Å². The van der Waals surface area contributed by atoms with Crippen molar-refractivity contribution in [3.8, 4) is 0 Å². The van der Waals surface area contributed by atoms with Crippen molar-refractivity contribution in [2.24, 2.45) is 0 Å².